The van der Waals surface area contributed by atoms with Crippen LogP contribution in [0.5, 0.6) is 0 Å². The van der Waals surface area contributed by atoms with Gasteiger partial charge in [0.15, 0.2) is 5.78 Å². The first kappa shape index (κ1) is 17.8. The van der Waals surface area contributed by atoms with Gasteiger partial charge >= 0.3 is 6.09 Å². The summed E-state index contributed by atoms with van der Waals surface area (Å²) in [5.41, 5.74) is 1.35. The highest BCUT2D eigenvalue weighted by Gasteiger charge is 2.11. The largest absolute Gasteiger partial charge is 0.464 e. The maximum Gasteiger partial charge on any atom is 0.416 e. The molecule has 0 unspecified atom stereocenters. The highest BCUT2D eigenvalue weighted by atomic mass is 32.1. The van der Waals surface area contributed by atoms with Crippen LogP contribution in [0.15, 0.2) is 42.9 Å². The number of carbonyl (C=O) groups is 2. The fraction of sp³-hybridized carbons (Fsp3) is 0.294. The summed E-state index contributed by atoms with van der Waals surface area (Å²) < 4.78 is 1.01. The maximum atomic E-state index is 12.0. The molecule has 0 aliphatic carbocycles. The summed E-state index contributed by atoms with van der Waals surface area (Å²) in [6.07, 6.45) is 3.06. The minimum atomic E-state index is -1.07. The summed E-state index contributed by atoms with van der Waals surface area (Å²) in [4.78, 5) is 27.5. The van der Waals surface area contributed by atoms with E-state index in [1.165, 1.54) is 12.5 Å². The SMILES string of the molecule is C[C@H](Cc1cn(C(=O)O)cn1)NC(=S)CCC(=O)c1ccccc1. The molecular weight excluding hydrogens is 326 g/mol. The molecule has 6 nitrogen and oxygen atoms in total. The van der Waals surface area contributed by atoms with Crippen molar-refractivity contribution in [2.75, 3.05) is 0 Å². The second kappa shape index (κ2) is 8.35. The smallest absolute Gasteiger partial charge is 0.416 e. The Morgan fingerprint density at radius 1 is 1.29 bits per heavy atom. The summed E-state index contributed by atoms with van der Waals surface area (Å²) in [6, 6.07) is 9.13. The van der Waals surface area contributed by atoms with Gasteiger partial charge in [0, 0.05) is 37.1 Å². The van der Waals surface area contributed by atoms with Crippen LogP contribution < -0.4 is 5.32 Å². The lowest BCUT2D eigenvalue weighted by Crippen LogP contribution is -2.33. The Bertz CT molecular complexity index is 728. The zero-order valence-corrected chi connectivity index (χ0v) is 14.1. The number of ketones is 1. The molecule has 7 heteroatoms. The standard InChI is InChI=1S/C17H19N3O3S/c1-12(9-14-10-20(11-18-14)17(22)23)19-16(24)8-7-15(21)13-5-3-2-4-6-13/h2-6,10-12H,7-9H2,1H3,(H,19,24)(H,22,23)/t12-/m1/s1. The van der Waals surface area contributed by atoms with Crippen molar-refractivity contribution < 1.29 is 14.7 Å². The fourth-order valence-electron chi connectivity index (χ4n) is 2.28. The molecule has 0 radical (unpaired) electrons. The first-order valence-corrected chi connectivity index (χ1v) is 8.00. The van der Waals surface area contributed by atoms with Crippen LogP contribution in [-0.4, -0.2) is 37.6 Å². The van der Waals surface area contributed by atoms with E-state index in [0.717, 1.165) is 4.57 Å². The molecule has 0 aliphatic rings. The van der Waals surface area contributed by atoms with Gasteiger partial charge in [0.05, 0.1) is 10.7 Å². The molecule has 0 aliphatic heterocycles. The summed E-state index contributed by atoms with van der Waals surface area (Å²) in [6.45, 7) is 1.94. The van der Waals surface area contributed by atoms with E-state index in [9.17, 15) is 9.59 Å². The molecule has 1 atom stereocenters. The molecule has 1 aromatic carbocycles. The number of hydrogen-bond donors (Lipinski definition) is 2. The van der Waals surface area contributed by atoms with Crippen LogP contribution in [0.4, 0.5) is 4.79 Å². The second-order valence-corrected chi connectivity index (χ2v) is 6.01. The van der Waals surface area contributed by atoms with Gasteiger partial charge in [-0.2, -0.15) is 0 Å². The lowest BCUT2D eigenvalue weighted by molar-refractivity contribution is 0.0984. The number of thiocarbonyl (C=S) groups is 1. The van der Waals surface area contributed by atoms with Gasteiger partial charge in [-0.05, 0) is 6.92 Å². The first-order chi connectivity index (χ1) is 11.5. The number of carboxylic acid groups (broad SMARTS) is 1. The second-order valence-electron chi connectivity index (χ2n) is 5.52. The van der Waals surface area contributed by atoms with E-state index in [-0.39, 0.29) is 11.8 Å². The molecule has 24 heavy (non-hydrogen) atoms. The Morgan fingerprint density at radius 3 is 2.62 bits per heavy atom. The Labute approximate surface area is 145 Å². The molecular formula is C17H19N3O3S. The van der Waals surface area contributed by atoms with Crippen molar-refractivity contribution in [3.8, 4) is 0 Å². The summed E-state index contributed by atoms with van der Waals surface area (Å²) >= 11 is 5.28. The van der Waals surface area contributed by atoms with E-state index in [1.54, 1.807) is 12.1 Å². The van der Waals surface area contributed by atoms with Gasteiger partial charge in [-0.1, -0.05) is 42.5 Å². The topological polar surface area (TPSA) is 84.2 Å². The van der Waals surface area contributed by atoms with Crippen molar-refractivity contribution in [2.45, 2.75) is 32.2 Å². The predicted octanol–water partition coefficient (Wildman–Crippen LogP) is 2.92. The molecule has 126 valence electrons. The first-order valence-electron chi connectivity index (χ1n) is 7.59. The quantitative estimate of drug-likeness (QED) is 0.593. The highest BCUT2D eigenvalue weighted by molar-refractivity contribution is 7.80. The van der Waals surface area contributed by atoms with Gasteiger partial charge in [-0.15, -0.1) is 0 Å². The Hall–Kier alpha value is -2.54. The Kier molecular flexibility index (Phi) is 6.20. The number of rotatable bonds is 7. The van der Waals surface area contributed by atoms with Gasteiger partial charge in [-0.3, -0.25) is 4.79 Å². The zero-order chi connectivity index (χ0) is 17.5. The third-order valence-electron chi connectivity index (χ3n) is 3.45. The molecule has 2 aromatic rings. The molecule has 0 spiro atoms. The van der Waals surface area contributed by atoms with E-state index in [4.69, 9.17) is 17.3 Å². The van der Waals surface area contributed by atoms with Crippen LogP contribution in [0, 0.1) is 0 Å². The van der Waals surface area contributed by atoms with Crippen LogP contribution in [0.25, 0.3) is 0 Å². The van der Waals surface area contributed by atoms with E-state index < -0.39 is 6.09 Å². The van der Waals surface area contributed by atoms with Crippen molar-refractivity contribution in [2.24, 2.45) is 0 Å². The predicted molar refractivity (Wildman–Crippen MR) is 94.6 cm³/mol. The molecule has 0 saturated carbocycles. The number of aromatic nitrogens is 2. The summed E-state index contributed by atoms with van der Waals surface area (Å²) in [5, 5.41) is 12.0. The van der Waals surface area contributed by atoms with Crippen LogP contribution in [-0.2, 0) is 6.42 Å². The lowest BCUT2D eigenvalue weighted by atomic mass is 10.1. The number of hydrogen-bond acceptors (Lipinski definition) is 4. The molecule has 0 fully saturated rings. The van der Waals surface area contributed by atoms with Crippen LogP contribution in [0.1, 0.15) is 35.8 Å². The molecule has 0 amide bonds. The number of carbonyl (C=O) groups excluding carboxylic acids is 1. The number of imidazole rings is 1. The van der Waals surface area contributed by atoms with Crippen molar-refractivity contribution in [1.82, 2.24) is 14.9 Å². The third-order valence-corrected chi connectivity index (χ3v) is 3.78. The van der Waals surface area contributed by atoms with Crippen LogP contribution in [0.3, 0.4) is 0 Å². The number of benzene rings is 1. The number of nitrogens with zero attached hydrogens (tertiary/aromatic N) is 2. The Morgan fingerprint density at radius 2 is 2.00 bits per heavy atom. The van der Waals surface area contributed by atoms with E-state index in [0.29, 0.717) is 35.5 Å². The number of Topliss-reactive ketones (excluding diaryl/α,β-unsaturated/α-hetero) is 1. The molecule has 0 saturated heterocycles. The van der Waals surface area contributed by atoms with Gasteiger partial charge in [-0.25, -0.2) is 14.3 Å². The monoisotopic (exact) mass is 345 g/mol. The summed E-state index contributed by atoms with van der Waals surface area (Å²) in [7, 11) is 0. The Balaban J connectivity index is 1.77. The van der Waals surface area contributed by atoms with Gasteiger partial charge in [0.25, 0.3) is 0 Å². The van der Waals surface area contributed by atoms with E-state index in [2.05, 4.69) is 10.3 Å². The molecule has 2 rings (SSSR count). The molecule has 2 N–H and O–H groups in total. The van der Waals surface area contributed by atoms with Crippen LogP contribution >= 0.6 is 12.2 Å². The normalized spacial score (nSPS) is 11.7. The lowest BCUT2D eigenvalue weighted by Gasteiger charge is -2.14. The van der Waals surface area contributed by atoms with Crippen molar-refractivity contribution in [3.05, 3.63) is 54.1 Å². The maximum absolute atomic E-state index is 12.0. The molecule has 0 bridgehead atoms. The highest BCUT2D eigenvalue weighted by Crippen LogP contribution is 2.06. The van der Waals surface area contributed by atoms with Crippen molar-refractivity contribution in [3.63, 3.8) is 0 Å². The average molecular weight is 345 g/mol. The fourth-order valence-corrected chi connectivity index (χ4v) is 2.58. The molecule has 1 heterocycles. The third kappa shape index (κ3) is 5.27. The number of nitrogens with one attached hydrogen (secondary N) is 1. The summed E-state index contributed by atoms with van der Waals surface area (Å²) in [5.74, 6) is 0.0626. The van der Waals surface area contributed by atoms with Crippen molar-refractivity contribution >= 4 is 29.1 Å². The molecule has 1 aromatic heterocycles. The minimum absolute atomic E-state index is 0.00136. The van der Waals surface area contributed by atoms with Crippen LogP contribution in [0.2, 0.25) is 0 Å². The van der Waals surface area contributed by atoms with E-state index in [1.807, 2.05) is 25.1 Å². The minimum Gasteiger partial charge on any atom is -0.464 e. The average Bonchev–Trinajstić information content (AvgIpc) is 3.02. The van der Waals surface area contributed by atoms with Gasteiger partial charge < -0.3 is 10.4 Å². The van der Waals surface area contributed by atoms with Gasteiger partial charge in [0.2, 0.25) is 0 Å². The van der Waals surface area contributed by atoms with Crippen molar-refractivity contribution in [1.29, 1.82) is 0 Å². The van der Waals surface area contributed by atoms with E-state index >= 15 is 0 Å². The zero-order valence-electron chi connectivity index (χ0n) is 13.3. The van der Waals surface area contributed by atoms with Gasteiger partial charge in [0.1, 0.15) is 6.33 Å².